The van der Waals surface area contributed by atoms with E-state index in [4.69, 9.17) is 9.72 Å². The normalized spacial score (nSPS) is 18.6. The van der Waals surface area contributed by atoms with Gasteiger partial charge in [-0.2, -0.15) is 5.10 Å². The van der Waals surface area contributed by atoms with Crippen LogP contribution >= 0.6 is 0 Å². The molecule has 6 rings (SSSR count). The predicted molar refractivity (Wildman–Crippen MR) is 126 cm³/mol. The monoisotopic (exact) mass is 428 g/mol. The molecule has 2 aliphatic rings. The SMILES string of the molecule is Cc1ccc2nccc(-c3cnn4cc(N5CCC(N6CCOCC6)CC5)cnc34)c2c1. The number of fused-ring (bicyclic) bond motifs is 2. The third kappa shape index (κ3) is 3.51. The van der Waals surface area contributed by atoms with Gasteiger partial charge in [0.2, 0.25) is 0 Å². The van der Waals surface area contributed by atoms with E-state index in [0.29, 0.717) is 6.04 Å². The lowest BCUT2D eigenvalue weighted by Crippen LogP contribution is -2.49. The number of nitrogens with zero attached hydrogens (tertiary/aromatic N) is 6. The molecule has 4 aromatic rings. The van der Waals surface area contributed by atoms with E-state index in [1.807, 2.05) is 23.1 Å². The van der Waals surface area contributed by atoms with E-state index in [-0.39, 0.29) is 0 Å². The van der Waals surface area contributed by atoms with Crippen LogP contribution in [0.3, 0.4) is 0 Å². The fraction of sp³-hybridized carbons (Fsp3) is 0.400. The van der Waals surface area contributed by atoms with Crippen molar-refractivity contribution in [1.29, 1.82) is 0 Å². The number of piperidine rings is 1. The first-order chi connectivity index (χ1) is 15.8. The molecule has 7 heteroatoms. The zero-order valence-electron chi connectivity index (χ0n) is 18.4. The van der Waals surface area contributed by atoms with E-state index in [0.717, 1.165) is 72.8 Å². The number of aryl methyl sites for hydroxylation is 1. The predicted octanol–water partition coefficient (Wildman–Crippen LogP) is 3.55. The number of aromatic nitrogens is 4. The minimum absolute atomic E-state index is 0.673. The molecule has 2 saturated heterocycles. The van der Waals surface area contributed by atoms with Gasteiger partial charge >= 0.3 is 0 Å². The van der Waals surface area contributed by atoms with E-state index in [9.17, 15) is 0 Å². The van der Waals surface area contributed by atoms with Gasteiger partial charge in [-0.1, -0.05) is 11.6 Å². The molecule has 5 heterocycles. The van der Waals surface area contributed by atoms with Crippen molar-refractivity contribution in [2.75, 3.05) is 44.3 Å². The van der Waals surface area contributed by atoms with Gasteiger partial charge in [0.1, 0.15) is 0 Å². The van der Waals surface area contributed by atoms with Gasteiger partial charge < -0.3 is 9.64 Å². The van der Waals surface area contributed by atoms with Crippen molar-refractivity contribution < 1.29 is 4.74 Å². The average Bonchev–Trinajstić information content (AvgIpc) is 3.27. The Bertz CT molecular complexity index is 1250. The topological polar surface area (TPSA) is 58.8 Å². The zero-order chi connectivity index (χ0) is 21.5. The van der Waals surface area contributed by atoms with Gasteiger partial charge in [0.25, 0.3) is 0 Å². The average molecular weight is 429 g/mol. The fourth-order valence-electron chi connectivity index (χ4n) is 5.14. The standard InChI is InChI=1S/C25H28N6O/c1-18-2-3-24-22(14-18)21(4-7-26-24)23-16-28-31-17-20(15-27-25(23)31)29-8-5-19(6-9-29)30-10-12-32-13-11-30/h2-4,7,14-17,19H,5-6,8-13H2,1H3. The Morgan fingerprint density at radius 3 is 2.62 bits per heavy atom. The number of ether oxygens (including phenoxy) is 1. The van der Waals surface area contributed by atoms with E-state index in [1.54, 1.807) is 0 Å². The highest BCUT2D eigenvalue weighted by molar-refractivity contribution is 5.97. The molecule has 0 saturated carbocycles. The maximum absolute atomic E-state index is 5.51. The molecular formula is C25H28N6O. The van der Waals surface area contributed by atoms with Gasteiger partial charge in [-0.3, -0.25) is 9.88 Å². The van der Waals surface area contributed by atoms with Crippen molar-refractivity contribution in [1.82, 2.24) is 24.5 Å². The minimum atomic E-state index is 0.673. The van der Waals surface area contributed by atoms with Crippen molar-refractivity contribution >= 4 is 22.2 Å². The molecule has 0 atom stereocenters. The number of benzene rings is 1. The summed E-state index contributed by atoms with van der Waals surface area (Å²) in [7, 11) is 0. The van der Waals surface area contributed by atoms with Gasteiger partial charge in [-0.05, 0) is 43.5 Å². The van der Waals surface area contributed by atoms with Crippen LogP contribution in [0.15, 0.2) is 49.1 Å². The number of anilines is 1. The highest BCUT2D eigenvalue weighted by atomic mass is 16.5. The highest BCUT2D eigenvalue weighted by Gasteiger charge is 2.26. The maximum atomic E-state index is 5.51. The molecule has 0 bridgehead atoms. The number of morpholine rings is 1. The second kappa shape index (κ2) is 8.15. The largest absolute Gasteiger partial charge is 0.379 e. The summed E-state index contributed by atoms with van der Waals surface area (Å²) in [5.74, 6) is 0. The van der Waals surface area contributed by atoms with Crippen LogP contribution in [0, 0.1) is 6.92 Å². The summed E-state index contributed by atoms with van der Waals surface area (Å²) in [6, 6.07) is 9.10. The molecule has 2 fully saturated rings. The van der Waals surface area contributed by atoms with Crippen LogP contribution in [0.4, 0.5) is 5.69 Å². The maximum Gasteiger partial charge on any atom is 0.162 e. The molecule has 0 radical (unpaired) electrons. The van der Waals surface area contributed by atoms with Gasteiger partial charge in [0, 0.05) is 49.4 Å². The summed E-state index contributed by atoms with van der Waals surface area (Å²) in [5.41, 5.74) is 6.40. The Labute approximate surface area is 187 Å². The summed E-state index contributed by atoms with van der Waals surface area (Å²) >= 11 is 0. The molecular weight excluding hydrogens is 400 g/mol. The van der Waals surface area contributed by atoms with E-state index in [1.165, 1.54) is 18.4 Å². The smallest absolute Gasteiger partial charge is 0.162 e. The number of hydrogen-bond donors (Lipinski definition) is 0. The number of rotatable bonds is 3. The molecule has 0 N–H and O–H groups in total. The Balaban J connectivity index is 1.26. The van der Waals surface area contributed by atoms with E-state index < -0.39 is 0 Å². The number of hydrogen-bond acceptors (Lipinski definition) is 6. The van der Waals surface area contributed by atoms with Crippen LogP contribution in [0.1, 0.15) is 18.4 Å². The van der Waals surface area contributed by atoms with E-state index >= 15 is 0 Å². The van der Waals surface area contributed by atoms with Crippen LogP contribution in [0.5, 0.6) is 0 Å². The van der Waals surface area contributed by atoms with Crippen molar-refractivity contribution in [3.8, 4) is 11.1 Å². The van der Waals surface area contributed by atoms with Crippen LogP contribution in [0.2, 0.25) is 0 Å². The molecule has 0 unspecified atom stereocenters. The van der Waals surface area contributed by atoms with E-state index in [2.05, 4.69) is 57.3 Å². The van der Waals surface area contributed by atoms with Gasteiger partial charge in [0.05, 0.1) is 43.0 Å². The van der Waals surface area contributed by atoms with Gasteiger partial charge in [-0.15, -0.1) is 0 Å². The third-order valence-electron chi connectivity index (χ3n) is 6.92. The first-order valence-corrected chi connectivity index (χ1v) is 11.5. The van der Waals surface area contributed by atoms with Crippen LogP contribution in [-0.4, -0.2) is 69.9 Å². The van der Waals surface area contributed by atoms with Crippen molar-refractivity contribution in [3.05, 3.63) is 54.6 Å². The summed E-state index contributed by atoms with van der Waals surface area (Å²) in [6.45, 7) is 8.09. The van der Waals surface area contributed by atoms with Crippen molar-refractivity contribution in [2.45, 2.75) is 25.8 Å². The highest BCUT2D eigenvalue weighted by Crippen LogP contribution is 2.31. The fourth-order valence-corrected chi connectivity index (χ4v) is 5.14. The lowest BCUT2D eigenvalue weighted by Gasteiger charge is -2.40. The second-order valence-electron chi connectivity index (χ2n) is 8.88. The molecule has 0 aliphatic carbocycles. The molecule has 1 aromatic carbocycles. The summed E-state index contributed by atoms with van der Waals surface area (Å²) < 4.78 is 7.43. The molecule has 0 amide bonds. The van der Waals surface area contributed by atoms with Crippen molar-refractivity contribution in [3.63, 3.8) is 0 Å². The first-order valence-electron chi connectivity index (χ1n) is 11.5. The number of pyridine rings is 1. The molecule has 2 aliphatic heterocycles. The van der Waals surface area contributed by atoms with Crippen LogP contribution in [-0.2, 0) is 4.74 Å². The second-order valence-corrected chi connectivity index (χ2v) is 8.88. The Kier molecular flexibility index (Phi) is 5.00. The zero-order valence-corrected chi connectivity index (χ0v) is 18.4. The quantitative estimate of drug-likeness (QED) is 0.497. The van der Waals surface area contributed by atoms with Gasteiger partial charge in [-0.25, -0.2) is 9.50 Å². The lowest BCUT2D eigenvalue weighted by molar-refractivity contribution is 0.0115. The summed E-state index contributed by atoms with van der Waals surface area (Å²) in [4.78, 5) is 14.4. The lowest BCUT2D eigenvalue weighted by atomic mass is 10.0. The molecule has 32 heavy (non-hydrogen) atoms. The Morgan fingerprint density at radius 2 is 1.78 bits per heavy atom. The molecule has 3 aromatic heterocycles. The third-order valence-corrected chi connectivity index (χ3v) is 6.92. The van der Waals surface area contributed by atoms with Crippen LogP contribution in [0.25, 0.3) is 27.7 Å². The minimum Gasteiger partial charge on any atom is -0.379 e. The van der Waals surface area contributed by atoms with Crippen LogP contribution < -0.4 is 4.90 Å². The molecule has 164 valence electrons. The summed E-state index contributed by atoms with van der Waals surface area (Å²) in [5, 5.41) is 5.79. The molecule has 0 spiro atoms. The first kappa shape index (κ1) is 19.6. The molecule has 7 nitrogen and oxygen atoms in total. The Morgan fingerprint density at radius 1 is 0.938 bits per heavy atom. The Hall–Kier alpha value is -3.03. The van der Waals surface area contributed by atoms with Crippen molar-refractivity contribution in [2.24, 2.45) is 0 Å². The summed E-state index contributed by atoms with van der Waals surface area (Å²) in [6.07, 6.45) is 10.3. The van der Waals surface area contributed by atoms with Gasteiger partial charge in [0.15, 0.2) is 5.65 Å².